The maximum absolute atomic E-state index is 3.88. The third kappa shape index (κ3) is 3.05. The maximum atomic E-state index is 3.88. The molecule has 0 heterocycles. The highest BCUT2D eigenvalue weighted by Gasteiger charge is 1.82. The Morgan fingerprint density at radius 2 is 1.75 bits per heavy atom. The number of rotatable bonds is 2. The fourth-order valence-corrected chi connectivity index (χ4v) is 0.658. The first-order valence-electron chi connectivity index (χ1n) is 3.76. The fraction of sp³-hybridized carbons (Fsp3) is 0.222. The van der Waals surface area contributed by atoms with Crippen LogP contribution in [-0.4, -0.2) is 5.71 Å². The quantitative estimate of drug-likeness (QED) is 0.363. The second-order valence-corrected chi connectivity index (χ2v) is 2.57. The van der Waals surface area contributed by atoms with E-state index in [9.17, 15) is 0 Å². The Hall–Kier alpha value is -1.51. The average molecular weight is 161 g/mol. The van der Waals surface area contributed by atoms with Crippen molar-refractivity contribution in [1.82, 2.24) is 0 Å². The number of nitrogens with zero attached hydrogens (tertiary/aromatic N) is 3. The Morgan fingerprint density at radius 1 is 1.08 bits per heavy atom. The van der Waals surface area contributed by atoms with Crippen LogP contribution in [0.25, 0.3) is 0 Å². The van der Waals surface area contributed by atoms with E-state index in [1.54, 1.807) is 0 Å². The summed E-state index contributed by atoms with van der Waals surface area (Å²) in [6.07, 6.45) is 0. The van der Waals surface area contributed by atoms with Gasteiger partial charge < -0.3 is 0 Å². The molecular weight excluding hydrogens is 150 g/mol. The van der Waals surface area contributed by atoms with Gasteiger partial charge in [-0.1, -0.05) is 18.2 Å². The van der Waals surface area contributed by atoms with Crippen molar-refractivity contribution >= 4 is 11.4 Å². The van der Waals surface area contributed by atoms with Crippen LogP contribution < -0.4 is 0 Å². The van der Waals surface area contributed by atoms with Crippen LogP contribution in [0, 0.1) is 0 Å². The number of hydrogen-bond donors (Lipinski definition) is 0. The van der Waals surface area contributed by atoms with Gasteiger partial charge in [0.2, 0.25) is 0 Å². The molecule has 0 bridgehead atoms. The van der Waals surface area contributed by atoms with Crippen molar-refractivity contribution in [3.8, 4) is 0 Å². The molecule has 0 aliphatic carbocycles. The molecule has 0 atom stereocenters. The third-order valence-corrected chi connectivity index (χ3v) is 1.16. The molecule has 0 saturated heterocycles. The van der Waals surface area contributed by atoms with Crippen molar-refractivity contribution in [2.45, 2.75) is 13.8 Å². The fourth-order valence-electron chi connectivity index (χ4n) is 0.658. The topological polar surface area (TPSA) is 37.1 Å². The predicted octanol–water partition coefficient (Wildman–Crippen LogP) is 3.17. The van der Waals surface area contributed by atoms with Gasteiger partial charge in [0.15, 0.2) is 0 Å². The van der Waals surface area contributed by atoms with Crippen molar-refractivity contribution < 1.29 is 0 Å². The van der Waals surface area contributed by atoms with Gasteiger partial charge in [0.1, 0.15) is 0 Å². The summed E-state index contributed by atoms with van der Waals surface area (Å²) < 4.78 is 0. The standard InChI is InChI=1S/C9H11N3/c1-8(2)10-12-11-9-6-4-3-5-7-9/h3-7H,1-2H3/b12-11+. The van der Waals surface area contributed by atoms with Gasteiger partial charge in [-0.2, -0.15) is 0 Å². The Labute approximate surface area is 71.8 Å². The van der Waals surface area contributed by atoms with E-state index in [2.05, 4.69) is 15.4 Å². The van der Waals surface area contributed by atoms with Crippen molar-refractivity contribution in [2.24, 2.45) is 15.4 Å². The molecule has 3 nitrogen and oxygen atoms in total. The van der Waals surface area contributed by atoms with Gasteiger partial charge in [-0.15, -0.1) is 10.2 Å². The molecule has 3 heteroatoms. The summed E-state index contributed by atoms with van der Waals surface area (Å²) in [5.41, 5.74) is 1.72. The zero-order valence-corrected chi connectivity index (χ0v) is 7.23. The SMILES string of the molecule is CC(C)=N/N=N/c1ccccc1. The van der Waals surface area contributed by atoms with Gasteiger partial charge in [-0.05, 0) is 31.2 Å². The lowest BCUT2D eigenvalue weighted by molar-refractivity contribution is 1.05. The first-order valence-corrected chi connectivity index (χ1v) is 3.76. The third-order valence-electron chi connectivity index (χ3n) is 1.16. The smallest absolute Gasteiger partial charge is 0.0875 e. The molecule has 62 valence electrons. The van der Waals surface area contributed by atoms with E-state index in [1.807, 2.05) is 44.2 Å². The van der Waals surface area contributed by atoms with Crippen LogP contribution in [0.3, 0.4) is 0 Å². The van der Waals surface area contributed by atoms with E-state index in [0.29, 0.717) is 0 Å². The first kappa shape index (κ1) is 8.59. The molecule has 0 spiro atoms. The minimum Gasteiger partial charge on any atom is -0.140 e. The molecule has 0 saturated carbocycles. The molecular formula is C9H11N3. The lowest BCUT2D eigenvalue weighted by atomic mass is 10.3. The summed E-state index contributed by atoms with van der Waals surface area (Å²) in [4.78, 5) is 0. The van der Waals surface area contributed by atoms with Crippen LogP contribution in [0.1, 0.15) is 13.8 Å². The van der Waals surface area contributed by atoms with Crippen LogP contribution in [-0.2, 0) is 0 Å². The predicted molar refractivity (Wildman–Crippen MR) is 49.7 cm³/mol. The van der Waals surface area contributed by atoms with Crippen molar-refractivity contribution in [2.75, 3.05) is 0 Å². The molecule has 0 radical (unpaired) electrons. The normalized spacial score (nSPS) is 10.2. The summed E-state index contributed by atoms with van der Waals surface area (Å²) >= 11 is 0. The highest BCUT2D eigenvalue weighted by Crippen LogP contribution is 2.09. The Balaban J connectivity index is 2.64. The minimum absolute atomic E-state index is 0.822. The molecule has 1 aromatic carbocycles. The zero-order chi connectivity index (χ0) is 8.81. The van der Waals surface area contributed by atoms with Crippen LogP contribution in [0.4, 0.5) is 5.69 Å². The molecule has 0 amide bonds. The van der Waals surface area contributed by atoms with Gasteiger partial charge in [0.25, 0.3) is 0 Å². The van der Waals surface area contributed by atoms with Gasteiger partial charge in [-0.3, -0.25) is 0 Å². The van der Waals surface area contributed by atoms with E-state index in [1.165, 1.54) is 0 Å². The van der Waals surface area contributed by atoms with E-state index in [-0.39, 0.29) is 0 Å². The molecule has 0 aliphatic rings. The largest absolute Gasteiger partial charge is 0.140 e. The van der Waals surface area contributed by atoms with E-state index >= 15 is 0 Å². The first-order chi connectivity index (χ1) is 5.79. The van der Waals surface area contributed by atoms with Crippen LogP contribution in [0.5, 0.6) is 0 Å². The van der Waals surface area contributed by atoms with E-state index in [0.717, 1.165) is 11.4 Å². The highest BCUT2D eigenvalue weighted by atomic mass is 15.4. The molecule has 0 fully saturated rings. The lowest BCUT2D eigenvalue weighted by Gasteiger charge is -1.86. The van der Waals surface area contributed by atoms with Crippen LogP contribution >= 0.6 is 0 Å². The summed E-state index contributed by atoms with van der Waals surface area (Å²) in [5.74, 6) is 0. The number of benzene rings is 1. The summed E-state index contributed by atoms with van der Waals surface area (Å²) in [5, 5.41) is 11.3. The molecule has 0 N–H and O–H groups in total. The second-order valence-electron chi connectivity index (χ2n) is 2.57. The number of hydrogen-bond acceptors (Lipinski definition) is 2. The van der Waals surface area contributed by atoms with E-state index < -0.39 is 0 Å². The Kier molecular flexibility index (Phi) is 3.14. The van der Waals surface area contributed by atoms with Crippen molar-refractivity contribution in [3.05, 3.63) is 30.3 Å². The van der Waals surface area contributed by atoms with Crippen LogP contribution in [0.2, 0.25) is 0 Å². The van der Waals surface area contributed by atoms with E-state index in [4.69, 9.17) is 0 Å². The summed E-state index contributed by atoms with van der Waals surface area (Å²) in [7, 11) is 0. The van der Waals surface area contributed by atoms with Gasteiger partial charge in [-0.25, -0.2) is 0 Å². The molecule has 1 aromatic rings. The molecule has 1 rings (SSSR count). The highest BCUT2D eigenvalue weighted by molar-refractivity contribution is 5.78. The Morgan fingerprint density at radius 3 is 2.33 bits per heavy atom. The summed E-state index contributed by atoms with van der Waals surface area (Å²) in [6, 6.07) is 9.52. The van der Waals surface area contributed by atoms with Crippen molar-refractivity contribution in [1.29, 1.82) is 0 Å². The molecule has 12 heavy (non-hydrogen) atoms. The maximum Gasteiger partial charge on any atom is 0.0875 e. The molecule has 0 aliphatic heterocycles. The van der Waals surface area contributed by atoms with Gasteiger partial charge in [0.05, 0.1) is 5.69 Å². The van der Waals surface area contributed by atoms with Crippen molar-refractivity contribution in [3.63, 3.8) is 0 Å². The van der Waals surface area contributed by atoms with Crippen LogP contribution in [0.15, 0.2) is 45.8 Å². The molecule has 0 unspecified atom stereocenters. The van der Waals surface area contributed by atoms with Gasteiger partial charge >= 0.3 is 0 Å². The molecule has 0 aromatic heterocycles. The van der Waals surface area contributed by atoms with Gasteiger partial charge in [0, 0.05) is 5.71 Å². The zero-order valence-electron chi connectivity index (χ0n) is 7.23. The summed E-state index contributed by atoms with van der Waals surface area (Å²) in [6.45, 7) is 3.76. The second kappa shape index (κ2) is 4.38. The Bertz CT molecular complexity index is 284. The minimum atomic E-state index is 0.822. The monoisotopic (exact) mass is 161 g/mol. The lowest BCUT2D eigenvalue weighted by Crippen LogP contribution is -1.74. The average Bonchev–Trinajstić information content (AvgIpc) is 2.05.